The Labute approximate surface area is 216 Å². The van der Waals surface area contributed by atoms with Crippen molar-refractivity contribution in [1.29, 1.82) is 0 Å². The number of hydrogen-bond donors (Lipinski definition) is 2. The number of aliphatic hydroxyl groups is 1. The zero-order valence-corrected chi connectivity index (χ0v) is 20.7. The standard InChI is InChI=1S/C28H27F4N3O3/c1-26(29)16-35(15-17-2-4-20(5-3-17)28(30,31)32)11-10-27(26,38)21-6-8-23-18(13-21)12-19(14-33-23)22-7-9-24(36)34-25(22)37/h2-6,8,12-14,22,38H,7,9-11,15-16H2,1H3,(H,34,36,37)/t22-,26+,27-/m0/s1. The molecule has 6 nitrogen and oxygen atoms in total. The number of fused-ring (bicyclic) bond motifs is 1. The van der Waals surface area contributed by atoms with Crippen molar-refractivity contribution >= 4 is 22.7 Å². The van der Waals surface area contributed by atoms with Gasteiger partial charge in [-0.25, -0.2) is 4.39 Å². The van der Waals surface area contributed by atoms with Crippen LogP contribution in [-0.2, 0) is 27.9 Å². The maximum Gasteiger partial charge on any atom is 0.416 e. The van der Waals surface area contributed by atoms with E-state index in [4.69, 9.17) is 0 Å². The van der Waals surface area contributed by atoms with Crippen LogP contribution in [0.1, 0.15) is 54.4 Å². The van der Waals surface area contributed by atoms with E-state index in [1.165, 1.54) is 19.1 Å². The Bertz CT molecular complexity index is 1390. The van der Waals surface area contributed by atoms with Gasteiger partial charge in [-0.05, 0) is 66.8 Å². The minimum Gasteiger partial charge on any atom is -0.382 e. The third kappa shape index (κ3) is 4.90. The van der Waals surface area contributed by atoms with Crippen molar-refractivity contribution < 1.29 is 32.3 Å². The SMILES string of the molecule is C[C@@]1(F)CN(Cc2ccc(C(F)(F)F)cc2)CC[C@]1(O)c1ccc2ncc([C@@H]3CCC(=O)NC3=O)cc2c1. The molecule has 1 aromatic heterocycles. The summed E-state index contributed by atoms with van der Waals surface area (Å²) in [5.41, 5.74) is -2.34. The Kier molecular flexibility index (Phi) is 6.51. The number of carbonyl (C=O) groups excluding carboxylic acids is 2. The summed E-state index contributed by atoms with van der Waals surface area (Å²) in [4.78, 5) is 30.0. The zero-order chi connectivity index (χ0) is 27.3. The van der Waals surface area contributed by atoms with E-state index in [2.05, 4.69) is 10.3 Å². The summed E-state index contributed by atoms with van der Waals surface area (Å²) < 4.78 is 54.6. The van der Waals surface area contributed by atoms with Gasteiger partial charge in [0.05, 0.1) is 17.0 Å². The van der Waals surface area contributed by atoms with Gasteiger partial charge in [0, 0.05) is 37.6 Å². The van der Waals surface area contributed by atoms with Crippen LogP contribution in [0.15, 0.2) is 54.7 Å². The van der Waals surface area contributed by atoms with Gasteiger partial charge in [0.15, 0.2) is 5.67 Å². The molecule has 3 heterocycles. The molecule has 2 saturated heterocycles. The van der Waals surface area contributed by atoms with Crippen molar-refractivity contribution in [3.8, 4) is 0 Å². The van der Waals surface area contributed by atoms with E-state index < -0.39 is 28.9 Å². The molecule has 38 heavy (non-hydrogen) atoms. The number of alkyl halides is 4. The monoisotopic (exact) mass is 529 g/mol. The minimum atomic E-state index is -4.42. The van der Waals surface area contributed by atoms with Crippen LogP contribution in [0.3, 0.4) is 0 Å². The summed E-state index contributed by atoms with van der Waals surface area (Å²) >= 11 is 0. The number of piperidine rings is 2. The van der Waals surface area contributed by atoms with Gasteiger partial charge in [-0.2, -0.15) is 13.2 Å². The highest BCUT2D eigenvalue weighted by molar-refractivity contribution is 6.01. The molecule has 200 valence electrons. The molecule has 3 aromatic rings. The third-order valence-corrected chi connectivity index (χ3v) is 7.68. The molecule has 2 aliphatic heterocycles. The average Bonchev–Trinajstić information content (AvgIpc) is 2.85. The molecular formula is C28H27F4N3O3. The number of amides is 2. The number of nitrogens with one attached hydrogen (secondary N) is 1. The van der Waals surface area contributed by atoms with E-state index in [-0.39, 0.29) is 37.7 Å². The first kappa shape index (κ1) is 26.2. The van der Waals surface area contributed by atoms with E-state index in [1.54, 1.807) is 35.4 Å². The predicted molar refractivity (Wildman–Crippen MR) is 132 cm³/mol. The lowest BCUT2D eigenvalue weighted by Gasteiger charge is -2.47. The number of aromatic nitrogens is 1. The number of rotatable bonds is 4. The molecular weight excluding hydrogens is 502 g/mol. The first-order chi connectivity index (χ1) is 17.9. The van der Waals surface area contributed by atoms with Crippen molar-refractivity contribution in [3.05, 3.63) is 77.0 Å². The highest BCUT2D eigenvalue weighted by Crippen LogP contribution is 2.44. The number of hydrogen-bond acceptors (Lipinski definition) is 5. The summed E-state index contributed by atoms with van der Waals surface area (Å²) in [7, 11) is 0. The highest BCUT2D eigenvalue weighted by Gasteiger charge is 2.52. The predicted octanol–water partition coefficient (Wildman–Crippen LogP) is 4.60. The largest absolute Gasteiger partial charge is 0.416 e. The van der Waals surface area contributed by atoms with E-state index in [9.17, 15) is 27.9 Å². The summed E-state index contributed by atoms with van der Waals surface area (Å²) in [6.07, 6.45) is -2.14. The maximum absolute atomic E-state index is 16.1. The van der Waals surface area contributed by atoms with Crippen molar-refractivity contribution in [1.82, 2.24) is 15.2 Å². The fourth-order valence-corrected chi connectivity index (χ4v) is 5.46. The number of pyridine rings is 1. The lowest BCUT2D eigenvalue weighted by atomic mass is 9.74. The van der Waals surface area contributed by atoms with Crippen molar-refractivity contribution in [3.63, 3.8) is 0 Å². The van der Waals surface area contributed by atoms with E-state index >= 15 is 4.39 Å². The summed E-state index contributed by atoms with van der Waals surface area (Å²) in [6, 6.07) is 11.6. The number of carbonyl (C=O) groups is 2. The third-order valence-electron chi connectivity index (χ3n) is 7.68. The van der Waals surface area contributed by atoms with Crippen LogP contribution < -0.4 is 5.32 Å². The van der Waals surface area contributed by atoms with Gasteiger partial charge in [-0.3, -0.25) is 24.8 Å². The van der Waals surface area contributed by atoms with Crippen LogP contribution in [0.2, 0.25) is 0 Å². The Morgan fingerprint density at radius 3 is 2.53 bits per heavy atom. The molecule has 5 rings (SSSR count). The molecule has 0 unspecified atom stereocenters. The molecule has 2 aliphatic rings. The quantitative estimate of drug-likeness (QED) is 0.382. The second-order valence-corrected chi connectivity index (χ2v) is 10.4. The van der Waals surface area contributed by atoms with Gasteiger partial charge in [-0.1, -0.05) is 18.2 Å². The highest BCUT2D eigenvalue weighted by atomic mass is 19.4. The van der Waals surface area contributed by atoms with Gasteiger partial charge >= 0.3 is 6.18 Å². The van der Waals surface area contributed by atoms with Crippen molar-refractivity contribution in [2.45, 2.75) is 56.1 Å². The Morgan fingerprint density at radius 2 is 1.87 bits per heavy atom. The fourth-order valence-electron chi connectivity index (χ4n) is 5.46. The van der Waals surface area contributed by atoms with Crippen LogP contribution in [0.5, 0.6) is 0 Å². The zero-order valence-electron chi connectivity index (χ0n) is 20.7. The molecule has 0 radical (unpaired) electrons. The van der Waals surface area contributed by atoms with Crippen LogP contribution in [-0.4, -0.2) is 45.6 Å². The van der Waals surface area contributed by atoms with Crippen LogP contribution in [0, 0.1) is 0 Å². The van der Waals surface area contributed by atoms with Crippen molar-refractivity contribution in [2.75, 3.05) is 13.1 Å². The van der Waals surface area contributed by atoms with Gasteiger partial charge in [0.25, 0.3) is 0 Å². The molecule has 2 fully saturated rings. The van der Waals surface area contributed by atoms with Crippen molar-refractivity contribution in [2.24, 2.45) is 0 Å². The van der Waals surface area contributed by atoms with Gasteiger partial charge in [0.1, 0.15) is 5.60 Å². The lowest BCUT2D eigenvalue weighted by Crippen LogP contribution is -2.58. The smallest absolute Gasteiger partial charge is 0.382 e. The molecule has 2 aromatic carbocycles. The first-order valence-electron chi connectivity index (χ1n) is 12.4. The second-order valence-electron chi connectivity index (χ2n) is 10.4. The molecule has 0 saturated carbocycles. The summed E-state index contributed by atoms with van der Waals surface area (Å²) in [5.74, 6) is -1.21. The van der Waals surface area contributed by atoms with Gasteiger partial charge in [-0.15, -0.1) is 0 Å². The maximum atomic E-state index is 16.1. The fraction of sp³-hybridized carbons (Fsp3) is 0.393. The molecule has 0 aliphatic carbocycles. The second kappa shape index (κ2) is 9.43. The molecule has 2 N–H and O–H groups in total. The molecule has 10 heteroatoms. The molecule has 0 spiro atoms. The van der Waals surface area contributed by atoms with Crippen LogP contribution >= 0.6 is 0 Å². The lowest BCUT2D eigenvalue weighted by molar-refractivity contribution is -0.148. The summed E-state index contributed by atoms with van der Waals surface area (Å²) in [6.45, 7) is 1.81. The number of halogens is 4. The Hall–Kier alpha value is -3.37. The number of benzene rings is 2. The average molecular weight is 530 g/mol. The Morgan fingerprint density at radius 1 is 1.13 bits per heavy atom. The van der Waals surface area contributed by atoms with Crippen LogP contribution in [0.4, 0.5) is 17.6 Å². The van der Waals surface area contributed by atoms with Gasteiger partial charge in [0.2, 0.25) is 11.8 Å². The molecule has 3 atom stereocenters. The van der Waals surface area contributed by atoms with E-state index in [0.717, 1.165) is 12.1 Å². The normalized spacial score (nSPS) is 26.9. The van der Waals surface area contributed by atoms with Crippen LogP contribution in [0.25, 0.3) is 10.9 Å². The first-order valence-corrected chi connectivity index (χ1v) is 12.4. The van der Waals surface area contributed by atoms with Gasteiger partial charge < -0.3 is 5.11 Å². The Balaban J connectivity index is 1.36. The molecule has 2 amide bonds. The number of nitrogens with zero attached hydrogens (tertiary/aromatic N) is 2. The van der Waals surface area contributed by atoms with E-state index in [0.29, 0.717) is 40.6 Å². The summed E-state index contributed by atoms with van der Waals surface area (Å²) in [5, 5.41) is 14.6. The van der Waals surface area contributed by atoms with E-state index in [1.807, 2.05) is 0 Å². The molecule has 0 bridgehead atoms. The number of imide groups is 1. The number of likely N-dealkylation sites (tertiary alicyclic amines) is 1. The minimum absolute atomic E-state index is 0.0758. The topological polar surface area (TPSA) is 82.5 Å².